The Morgan fingerprint density at radius 1 is 1.22 bits per heavy atom. The molecule has 1 aliphatic heterocycles. The summed E-state index contributed by atoms with van der Waals surface area (Å²) in [6.07, 6.45) is 1.92. The first kappa shape index (κ1) is 22.0. The molecule has 32 heavy (non-hydrogen) atoms. The zero-order valence-electron chi connectivity index (χ0n) is 19.6. The predicted octanol–water partition coefficient (Wildman–Crippen LogP) is 4.22. The number of piperazine rings is 1. The summed E-state index contributed by atoms with van der Waals surface area (Å²) >= 11 is 0. The van der Waals surface area contributed by atoms with E-state index in [0.717, 1.165) is 65.4 Å². The number of benzene rings is 1. The van der Waals surface area contributed by atoms with E-state index in [0.29, 0.717) is 11.6 Å². The fraction of sp³-hybridized carbons (Fsp3) is 0.440. The summed E-state index contributed by atoms with van der Waals surface area (Å²) in [6.45, 7) is 14.6. The number of nitrogens with one attached hydrogen (secondary N) is 1. The lowest BCUT2D eigenvalue weighted by atomic mass is 9.98. The largest absolute Gasteiger partial charge is 0.362 e. The maximum absolute atomic E-state index is 9.39. The summed E-state index contributed by atoms with van der Waals surface area (Å²) in [5.74, 6) is 1.72. The Kier molecular flexibility index (Phi) is 6.24. The van der Waals surface area contributed by atoms with Crippen LogP contribution in [0.3, 0.4) is 0 Å². The zero-order valence-corrected chi connectivity index (χ0v) is 19.6. The lowest BCUT2D eigenvalue weighted by molar-refractivity contribution is 0.239. The van der Waals surface area contributed by atoms with Gasteiger partial charge in [-0.3, -0.25) is 4.90 Å². The van der Waals surface area contributed by atoms with Crippen molar-refractivity contribution >= 4 is 22.4 Å². The monoisotopic (exact) mass is 429 g/mol. The molecule has 0 aliphatic carbocycles. The number of nitrogens with zero attached hydrogens (tertiary/aromatic N) is 6. The van der Waals surface area contributed by atoms with Crippen LogP contribution < -0.4 is 10.2 Å². The van der Waals surface area contributed by atoms with Gasteiger partial charge in [0, 0.05) is 42.6 Å². The zero-order chi connectivity index (χ0) is 22.8. The Bertz CT molecular complexity index is 1170. The van der Waals surface area contributed by atoms with E-state index in [1.807, 2.05) is 32.2 Å². The van der Waals surface area contributed by atoms with Crippen LogP contribution in [0.1, 0.15) is 49.2 Å². The van der Waals surface area contributed by atoms with Gasteiger partial charge in [-0.25, -0.2) is 4.98 Å². The van der Waals surface area contributed by atoms with E-state index in [4.69, 9.17) is 4.98 Å². The molecule has 7 nitrogen and oxygen atoms in total. The van der Waals surface area contributed by atoms with Gasteiger partial charge in [-0.2, -0.15) is 10.4 Å². The van der Waals surface area contributed by atoms with Crippen LogP contribution in [0.25, 0.3) is 10.8 Å². The number of fused-ring (bicyclic) bond motifs is 1. The Hall–Kier alpha value is -3.24. The topological polar surface area (TPSA) is 81.0 Å². The average molecular weight is 430 g/mol. The van der Waals surface area contributed by atoms with E-state index < -0.39 is 0 Å². The third-order valence-corrected chi connectivity index (χ3v) is 6.60. The van der Waals surface area contributed by atoms with Gasteiger partial charge >= 0.3 is 0 Å². The molecule has 2 aromatic heterocycles. The van der Waals surface area contributed by atoms with Crippen LogP contribution in [0.2, 0.25) is 0 Å². The molecule has 0 radical (unpaired) electrons. The molecule has 4 rings (SSSR count). The fourth-order valence-electron chi connectivity index (χ4n) is 4.61. The number of aromatic nitrogens is 3. The third kappa shape index (κ3) is 4.11. The maximum atomic E-state index is 9.39. The molecule has 0 saturated carbocycles. The van der Waals surface area contributed by atoms with Crippen molar-refractivity contribution < 1.29 is 0 Å². The molecule has 0 amide bonds. The molecule has 0 bridgehead atoms. The second-order valence-corrected chi connectivity index (χ2v) is 8.66. The van der Waals surface area contributed by atoms with Crippen LogP contribution in [0.15, 0.2) is 30.5 Å². The Morgan fingerprint density at radius 3 is 2.75 bits per heavy atom. The summed E-state index contributed by atoms with van der Waals surface area (Å²) in [4.78, 5) is 9.64. The van der Waals surface area contributed by atoms with Gasteiger partial charge in [0.1, 0.15) is 5.82 Å². The first-order valence-electron chi connectivity index (χ1n) is 11.3. The fourth-order valence-corrected chi connectivity index (χ4v) is 4.61. The summed E-state index contributed by atoms with van der Waals surface area (Å²) in [5.41, 5.74) is 3.63. The van der Waals surface area contributed by atoms with E-state index in [9.17, 15) is 5.26 Å². The van der Waals surface area contributed by atoms with Gasteiger partial charge in [-0.15, -0.1) is 5.10 Å². The van der Waals surface area contributed by atoms with Crippen molar-refractivity contribution in [3.63, 3.8) is 0 Å². The maximum Gasteiger partial charge on any atom is 0.157 e. The molecule has 1 fully saturated rings. The minimum atomic E-state index is -0.0212. The van der Waals surface area contributed by atoms with Crippen molar-refractivity contribution in [3.8, 4) is 6.07 Å². The second-order valence-electron chi connectivity index (χ2n) is 8.66. The van der Waals surface area contributed by atoms with Crippen LogP contribution in [0, 0.1) is 25.2 Å². The number of nitriles is 1. The number of aryl methyl sites for hydroxylation is 1. The van der Waals surface area contributed by atoms with E-state index in [2.05, 4.69) is 64.3 Å². The quantitative estimate of drug-likeness (QED) is 0.650. The summed E-state index contributed by atoms with van der Waals surface area (Å²) < 4.78 is 0. The number of hydrogen-bond acceptors (Lipinski definition) is 7. The molecule has 3 heterocycles. The van der Waals surface area contributed by atoms with Crippen molar-refractivity contribution in [3.05, 3.63) is 52.8 Å². The van der Waals surface area contributed by atoms with Gasteiger partial charge in [-0.05, 0) is 57.5 Å². The van der Waals surface area contributed by atoms with E-state index in [-0.39, 0.29) is 6.04 Å². The summed E-state index contributed by atoms with van der Waals surface area (Å²) in [6, 6.07) is 10.6. The first-order valence-corrected chi connectivity index (χ1v) is 11.3. The van der Waals surface area contributed by atoms with Crippen LogP contribution >= 0.6 is 0 Å². The minimum Gasteiger partial charge on any atom is -0.362 e. The normalized spacial score (nSPS) is 17.9. The van der Waals surface area contributed by atoms with Gasteiger partial charge in [0.2, 0.25) is 0 Å². The molecule has 1 saturated heterocycles. The van der Waals surface area contributed by atoms with Crippen LogP contribution in [0.4, 0.5) is 11.6 Å². The highest BCUT2D eigenvalue weighted by Gasteiger charge is 2.24. The smallest absolute Gasteiger partial charge is 0.157 e. The number of hydrogen-bond donors (Lipinski definition) is 1. The van der Waals surface area contributed by atoms with E-state index in [1.165, 1.54) is 0 Å². The number of anilines is 2. The molecule has 1 N–H and O–H groups in total. The van der Waals surface area contributed by atoms with Gasteiger partial charge in [0.15, 0.2) is 5.82 Å². The van der Waals surface area contributed by atoms with Crippen molar-refractivity contribution in [2.45, 2.75) is 46.7 Å². The average Bonchev–Trinajstić information content (AvgIpc) is 2.80. The Morgan fingerprint density at radius 2 is 2.03 bits per heavy atom. The predicted molar refractivity (Wildman–Crippen MR) is 129 cm³/mol. The van der Waals surface area contributed by atoms with E-state index >= 15 is 0 Å². The summed E-state index contributed by atoms with van der Waals surface area (Å²) in [5, 5.41) is 23.8. The molecule has 0 spiro atoms. The molecule has 166 valence electrons. The Labute approximate surface area is 190 Å². The van der Waals surface area contributed by atoms with Gasteiger partial charge in [0.05, 0.1) is 23.4 Å². The van der Waals surface area contributed by atoms with Crippen molar-refractivity contribution in [1.82, 2.24) is 20.1 Å². The number of likely N-dealkylation sites (N-methyl/N-ethyl adjacent to an activating group) is 1. The highest BCUT2D eigenvalue weighted by molar-refractivity contribution is 5.94. The van der Waals surface area contributed by atoms with Crippen molar-refractivity contribution in [1.29, 1.82) is 5.26 Å². The van der Waals surface area contributed by atoms with Crippen molar-refractivity contribution in [2.75, 3.05) is 36.4 Å². The lowest BCUT2D eigenvalue weighted by Crippen LogP contribution is -2.52. The Balaban J connectivity index is 1.69. The molecule has 1 aromatic carbocycles. The lowest BCUT2D eigenvalue weighted by Gasteiger charge is -2.40. The molecule has 1 aliphatic rings. The first-order chi connectivity index (χ1) is 15.4. The van der Waals surface area contributed by atoms with Crippen LogP contribution in [0.5, 0.6) is 0 Å². The molecular formula is C25H31N7. The molecule has 2 atom stereocenters. The third-order valence-electron chi connectivity index (χ3n) is 6.60. The van der Waals surface area contributed by atoms with Gasteiger partial charge < -0.3 is 10.2 Å². The van der Waals surface area contributed by atoms with Gasteiger partial charge in [-0.1, -0.05) is 19.1 Å². The number of rotatable bonds is 5. The highest BCUT2D eigenvalue weighted by atomic mass is 15.3. The minimum absolute atomic E-state index is 0.0212. The van der Waals surface area contributed by atoms with Crippen LogP contribution in [-0.2, 0) is 0 Å². The van der Waals surface area contributed by atoms with Crippen molar-refractivity contribution in [2.24, 2.45) is 0 Å². The molecule has 7 heteroatoms. The molecule has 3 aromatic rings. The summed E-state index contributed by atoms with van der Waals surface area (Å²) in [7, 11) is 0. The SMILES string of the molecule is CCN1CCN(c2cc3c(N[C@H](C)c4cccc(C#N)c4C)nnc(C)c3cn2)[C@H](C)C1. The second kappa shape index (κ2) is 9.09. The highest BCUT2D eigenvalue weighted by Crippen LogP contribution is 2.31. The number of pyridine rings is 1. The van der Waals surface area contributed by atoms with Crippen LogP contribution in [-0.4, -0.2) is 52.3 Å². The van der Waals surface area contributed by atoms with E-state index in [1.54, 1.807) is 0 Å². The molecular weight excluding hydrogens is 398 g/mol. The molecule has 0 unspecified atom stereocenters. The standard InChI is InChI=1S/C25H31N7/c1-6-31-10-11-32(16(2)15-31)24-12-22-23(14-27-24)19(5)29-30-25(22)28-18(4)21-9-7-8-20(13-26)17(21)3/h7-9,12,14,16,18H,6,10-11,15H2,1-5H3,(H,28,30)/t16-,18-/m1/s1. The van der Waals surface area contributed by atoms with Gasteiger partial charge in [0.25, 0.3) is 0 Å².